The van der Waals surface area contributed by atoms with Crippen LogP contribution in [0.1, 0.15) is 17.5 Å². The molecule has 1 aromatic heterocycles. The van der Waals surface area contributed by atoms with E-state index in [-0.39, 0.29) is 24.0 Å². The zero-order valence-corrected chi connectivity index (χ0v) is 15.2. The van der Waals surface area contributed by atoms with Gasteiger partial charge in [-0.1, -0.05) is 30.3 Å². The van der Waals surface area contributed by atoms with E-state index in [0.29, 0.717) is 13.2 Å². The van der Waals surface area contributed by atoms with Crippen molar-refractivity contribution in [1.82, 2.24) is 15.6 Å². The lowest BCUT2D eigenvalue weighted by molar-refractivity contribution is 0.301. The van der Waals surface area contributed by atoms with Crippen LogP contribution >= 0.6 is 24.0 Å². The first-order valence-corrected chi connectivity index (χ1v) is 7.53. The summed E-state index contributed by atoms with van der Waals surface area (Å²) in [5.41, 5.74) is 2.21. The SMILES string of the molecule is I.c1ccc(COc2cnccc2CNC2=NCCCN2)cc1. The summed E-state index contributed by atoms with van der Waals surface area (Å²) < 4.78 is 5.90. The molecule has 0 radical (unpaired) electrons. The van der Waals surface area contributed by atoms with E-state index < -0.39 is 0 Å². The minimum Gasteiger partial charge on any atom is -0.487 e. The number of hydrogen-bond donors (Lipinski definition) is 2. The maximum Gasteiger partial charge on any atom is 0.191 e. The number of halogens is 1. The number of guanidine groups is 1. The van der Waals surface area contributed by atoms with Crippen LogP contribution < -0.4 is 15.4 Å². The van der Waals surface area contributed by atoms with Gasteiger partial charge >= 0.3 is 0 Å². The predicted octanol–water partition coefficient (Wildman–Crippen LogP) is 2.72. The van der Waals surface area contributed by atoms with Gasteiger partial charge in [0.1, 0.15) is 12.4 Å². The third-order valence-corrected chi connectivity index (χ3v) is 3.45. The monoisotopic (exact) mass is 424 g/mol. The van der Waals surface area contributed by atoms with E-state index in [2.05, 4.69) is 32.7 Å². The van der Waals surface area contributed by atoms with Gasteiger partial charge < -0.3 is 15.4 Å². The number of nitrogens with one attached hydrogen (secondary N) is 2. The Hall–Kier alpha value is -1.83. The molecule has 0 amide bonds. The molecule has 0 atom stereocenters. The van der Waals surface area contributed by atoms with E-state index in [1.807, 2.05) is 24.3 Å². The van der Waals surface area contributed by atoms with Gasteiger partial charge in [-0.05, 0) is 18.1 Å². The Balaban J connectivity index is 0.00000192. The first-order chi connectivity index (χ1) is 10.9. The molecule has 3 rings (SSSR count). The van der Waals surface area contributed by atoms with Crippen LogP contribution in [-0.2, 0) is 13.2 Å². The number of ether oxygens (including phenoxy) is 1. The van der Waals surface area contributed by atoms with E-state index in [9.17, 15) is 0 Å². The van der Waals surface area contributed by atoms with Crippen molar-refractivity contribution in [2.75, 3.05) is 13.1 Å². The molecular formula is C17H21IN4O. The highest BCUT2D eigenvalue weighted by atomic mass is 127. The Bertz CT molecular complexity index is 634. The summed E-state index contributed by atoms with van der Waals surface area (Å²) >= 11 is 0. The molecule has 0 aliphatic carbocycles. The number of aliphatic imine (C=N–C) groups is 1. The standard InChI is InChI=1S/C17H20N4O.HI/c1-2-5-14(6-3-1)13-22-16-12-18-10-7-15(16)11-21-17-19-8-4-9-20-17;/h1-3,5-7,10,12H,4,8-9,11,13H2,(H2,19,20,21);1H. The van der Waals surface area contributed by atoms with Gasteiger partial charge in [-0.15, -0.1) is 24.0 Å². The zero-order chi connectivity index (χ0) is 15.0. The smallest absolute Gasteiger partial charge is 0.191 e. The summed E-state index contributed by atoms with van der Waals surface area (Å²) in [5.74, 6) is 1.66. The summed E-state index contributed by atoms with van der Waals surface area (Å²) in [4.78, 5) is 8.56. The van der Waals surface area contributed by atoms with Crippen molar-refractivity contribution in [2.24, 2.45) is 4.99 Å². The molecule has 0 unspecified atom stereocenters. The van der Waals surface area contributed by atoms with Crippen molar-refractivity contribution < 1.29 is 4.74 Å². The highest BCUT2D eigenvalue weighted by Crippen LogP contribution is 2.17. The van der Waals surface area contributed by atoms with Gasteiger partial charge in [0.25, 0.3) is 0 Å². The third kappa shape index (κ3) is 5.38. The molecule has 5 nitrogen and oxygen atoms in total. The van der Waals surface area contributed by atoms with Crippen LogP contribution in [0.15, 0.2) is 53.8 Å². The second-order valence-electron chi connectivity index (χ2n) is 5.12. The van der Waals surface area contributed by atoms with Gasteiger partial charge in [0, 0.05) is 31.4 Å². The fourth-order valence-corrected chi connectivity index (χ4v) is 2.25. The maximum absolute atomic E-state index is 5.90. The number of pyridine rings is 1. The lowest BCUT2D eigenvalue weighted by Gasteiger charge is -2.17. The molecule has 2 aromatic rings. The van der Waals surface area contributed by atoms with Crippen molar-refractivity contribution in [1.29, 1.82) is 0 Å². The molecule has 2 heterocycles. The fraction of sp³-hybridized carbons (Fsp3) is 0.294. The summed E-state index contributed by atoms with van der Waals surface area (Å²) in [7, 11) is 0. The number of benzene rings is 1. The van der Waals surface area contributed by atoms with Crippen LogP contribution in [-0.4, -0.2) is 24.0 Å². The molecule has 0 fully saturated rings. The molecule has 6 heteroatoms. The molecule has 0 saturated heterocycles. The maximum atomic E-state index is 5.90. The lowest BCUT2D eigenvalue weighted by Crippen LogP contribution is -2.40. The molecule has 0 saturated carbocycles. The quantitative estimate of drug-likeness (QED) is 0.725. The molecule has 23 heavy (non-hydrogen) atoms. The number of hydrogen-bond acceptors (Lipinski definition) is 5. The lowest BCUT2D eigenvalue weighted by atomic mass is 10.2. The average Bonchev–Trinajstić information content (AvgIpc) is 2.61. The van der Waals surface area contributed by atoms with Crippen molar-refractivity contribution in [2.45, 2.75) is 19.6 Å². The average molecular weight is 424 g/mol. The van der Waals surface area contributed by atoms with Crippen molar-refractivity contribution in [3.05, 3.63) is 59.9 Å². The molecule has 2 N–H and O–H groups in total. The number of rotatable bonds is 5. The van der Waals surface area contributed by atoms with Crippen LogP contribution in [0.2, 0.25) is 0 Å². The Morgan fingerprint density at radius 1 is 1.17 bits per heavy atom. The first kappa shape index (κ1) is 17.5. The summed E-state index contributed by atoms with van der Waals surface area (Å²) in [5, 5.41) is 6.56. The van der Waals surface area contributed by atoms with Gasteiger partial charge in [-0.25, -0.2) is 0 Å². The van der Waals surface area contributed by atoms with Gasteiger partial charge in [0.15, 0.2) is 5.96 Å². The van der Waals surface area contributed by atoms with Crippen LogP contribution in [0.25, 0.3) is 0 Å². The van der Waals surface area contributed by atoms with Crippen molar-refractivity contribution >= 4 is 29.9 Å². The van der Waals surface area contributed by atoms with E-state index >= 15 is 0 Å². The van der Waals surface area contributed by atoms with Crippen molar-refractivity contribution in [3.63, 3.8) is 0 Å². The largest absolute Gasteiger partial charge is 0.487 e. The zero-order valence-electron chi connectivity index (χ0n) is 12.9. The molecule has 1 aromatic carbocycles. The van der Waals surface area contributed by atoms with Gasteiger partial charge in [0.05, 0.1) is 6.20 Å². The molecule has 0 bridgehead atoms. The molecule has 122 valence electrons. The molecule has 1 aliphatic rings. The van der Waals surface area contributed by atoms with Gasteiger partial charge in [-0.3, -0.25) is 9.98 Å². The molecule has 1 aliphatic heterocycles. The Labute approximate surface area is 153 Å². The fourth-order valence-electron chi connectivity index (χ4n) is 2.25. The first-order valence-electron chi connectivity index (χ1n) is 7.53. The minimum atomic E-state index is 0. The van der Waals surface area contributed by atoms with E-state index in [4.69, 9.17) is 4.74 Å². The summed E-state index contributed by atoms with van der Waals surface area (Å²) in [6, 6.07) is 12.1. The highest BCUT2D eigenvalue weighted by Gasteiger charge is 2.07. The van der Waals surface area contributed by atoms with E-state index in [1.54, 1.807) is 12.4 Å². The predicted molar refractivity (Wildman–Crippen MR) is 102 cm³/mol. The second kappa shape index (κ2) is 9.34. The van der Waals surface area contributed by atoms with Crippen LogP contribution in [0.5, 0.6) is 5.75 Å². The van der Waals surface area contributed by atoms with E-state index in [1.165, 1.54) is 0 Å². The third-order valence-electron chi connectivity index (χ3n) is 3.45. The Kier molecular flexibility index (Phi) is 7.12. The van der Waals surface area contributed by atoms with Crippen LogP contribution in [0, 0.1) is 0 Å². The van der Waals surface area contributed by atoms with Crippen LogP contribution in [0.4, 0.5) is 0 Å². The second-order valence-corrected chi connectivity index (χ2v) is 5.12. The highest BCUT2D eigenvalue weighted by molar-refractivity contribution is 14.0. The summed E-state index contributed by atoms with van der Waals surface area (Å²) in [6.07, 6.45) is 4.63. The number of aromatic nitrogens is 1. The Morgan fingerprint density at radius 3 is 2.83 bits per heavy atom. The van der Waals surface area contributed by atoms with Gasteiger partial charge in [0.2, 0.25) is 0 Å². The van der Waals surface area contributed by atoms with Gasteiger partial charge in [-0.2, -0.15) is 0 Å². The Morgan fingerprint density at radius 2 is 2.04 bits per heavy atom. The van der Waals surface area contributed by atoms with Crippen LogP contribution in [0.3, 0.4) is 0 Å². The topological polar surface area (TPSA) is 58.5 Å². The van der Waals surface area contributed by atoms with Crippen molar-refractivity contribution in [3.8, 4) is 5.75 Å². The normalized spacial score (nSPS) is 13.3. The minimum absolute atomic E-state index is 0. The number of nitrogens with zero attached hydrogens (tertiary/aromatic N) is 2. The summed E-state index contributed by atoms with van der Waals surface area (Å²) in [6.45, 7) is 3.06. The molecule has 0 spiro atoms. The molecular weight excluding hydrogens is 403 g/mol. The van der Waals surface area contributed by atoms with E-state index in [0.717, 1.165) is 42.3 Å².